The van der Waals surface area contributed by atoms with Crippen LogP contribution in [0.25, 0.3) is 0 Å². The molecule has 0 fully saturated rings. The van der Waals surface area contributed by atoms with E-state index in [0.29, 0.717) is 17.8 Å². The molecule has 1 aromatic rings. The van der Waals surface area contributed by atoms with E-state index in [0.717, 1.165) is 11.1 Å². The van der Waals surface area contributed by atoms with Crippen molar-refractivity contribution < 1.29 is 14.8 Å². The van der Waals surface area contributed by atoms with Gasteiger partial charge in [0.2, 0.25) is 0 Å². The lowest BCUT2D eigenvalue weighted by Crippen LogP contribution is -2.32. The first-order valence-electron chi connectivity index (χ1n) is 4.66. The monoisotopic (exact) mass is 194 g/mol. The summed E-state index contributed by atoms with van der Waals surface area (Å²) in [6, 6.07) is 3.57. The van der Waals surface area contributed by atoms with E-state index in [9.17, 15) is 0 Å². The molecule has 0 amide bonds. The van der Waals surface area contributed by atoms with Crippen LogP contribution in [0.1, 0.15) is 18.1 Å². The summed E-state index contributed by atoms with van der Waals surface area (Å²) < 4.78 is 5.36. The molecule has 3 nitrogen and oxygen atoms in total. The highest BCUT2D eigenvalue weighted by atomic mass is 16.5. The van der Waals surface area contributed by atoms with Gasteiger partial charge in [-0.05, 0) is 37.9 Å². The molecule has 0 spiro atoms. The molecule has 0 heterocycles. The van der Waals surface area contributed by atoms with Gasteiger partial charge in [0.1, 0.15) is 5.75 Å². The summed E-state index contributed by atoms with van der Waals surface area (Å²) in [5.41, 5.74) is 2.37. The van der Waals surface area contributed by atoms with E-state index in [1.807, 2.05) is 26.8 Å². The van der Waals surface area contributed by atoms with Crippen LogP contribution in [0.5, 0.6) is 5.75 Å². The van der Waals surface area contributed by atoms with Crippen LogP contribution < -0.4 is 10.2 Å². The van der Waals surface area contributed by atoms with Gasteiger partial charge in [0.15, 0.2) is 0 Å². The third kappa shape index (κ3) is 2.27. The highest BCUT2D eigenvalue weighted by Crippen LogP contribution is 2.17. The predicted octanol–water partition coefficient (Wildman–Crippen LogP) is 0.382. The Kier molecular flexibility index (Phi) is 3.55. The summed E-state index contributed by atoms with van der Waals surface area (Å²) in [6.45, 7) is 6.25. The molecule has 0 aliphatic carbocycles. The Morgan fingerprint density at radius 1 is 1.21 bits per heavy atom. The molecule has 0 saturated heterocycles. The van der Waals surface area contributed by atoms with Crippen molar-refractivity contribution in [2.45, 2.75) is 20.8 Å². The van der Waals surface area contributed by atoms with E-state index in [2.05, 4.69) is 0 Å². The minimum atomic E-state index is -1.44. The van der Waals surface area contributed by atoms with Crippen LogP contribution >= 0.6 is 0 Å². The van der Waals surface area contributed by atoms with Crippen LogP contribution in [-0.4, -0.2) is 23.8 Å². The van der Waals surface area contributed by atoms with Gasteiger partial charge in [0, 0.05) is 0 Å². The maximum atomic E-state index is 9.09. The Labute approximate surface area is 84.5 Å². The average Bonchev–Trinajstić information content (AvgIpc) is 2.09. The minimum absolute atomic E-state index is 0.499. The summed E-state index contributed by atoms with van der Waals surface area (Å²) in [7, 11) is -1.44. The van der Waals surface area contributed by atoms with E-state index >= 15 is 0 Å². The second-order valence-corrected chi connectivity index (χ2v) is 3.28. The standard InChI is InChI=1S/C10H15BO3/c1-4-14-10-6-9(11(12)13)7(2)5-8(10)3/h5-6,12-13H,4H2,1-3H3. The number of hydrogen-bond acceptors (Lipinski definition) is 3. The third-order valence-electron chi connectivity index (χ3n) is 2.14. The summed E-state index contributed by atoms with van der Waals surface area (Å²) >= 11 is 0. The number of aryl methyl sites for hydroxylation is 2. The van der Waals surface area contributed by atoms with Gasteiger partial charge in [-0.2, -0.15) is 0 Å². The van der Waals surface area contributed by atoms with Gasteiger partial charge in [-0.1, -0.05) is 11.6 Å². The van der Waals surface area contributed by atoms with Gasteiger partial charge in [-0.15, -0.1) is 0 Å². The Morgan fingerprint density at radius 3 is 2.36 bits per heavy atom. The summed E-state index contributed by atoms with van der Waals surface area (Å²) in [5, 5.41) is 18.2. The van der Waals surface area contributed by atoms with Crippen molar-refractivity contribution in [1.29, 1.82) is 0 Å². The van der Waals surface area contributed by atoms with Gasteiger partial charge >= 0.3 is 7.12 Å². The molecule has 1 rings (SSSR count). The quantitative estimate of drug-likeness (QED) is 0.684. The van der Waals surface area contributed by atoms with Crippen molar-refractivity contribution in [2.75, 3.05) is 6.61 Å². The molecule has 0 radical (unpaired) electrons. The average molecular weight is 194 g/mol. The molecule has 0 aliphatic heterocycles. The Morgan fingerprint density at radius 2 is 1.86 bits per heavy atom. The Hall–Kier alpha value is -0.995. The first-order valence-corrected chi connectivity index (χ1v) is 4.66. The first-order chi connectivity index (χ1) is 6.56. The number of rotatable bonds is 3. The zero-order valence-corrected chi connectivity index (χ0v) is 8.74. The van der Waals surface area contributed by atoms with E-state index in [4.69, 9.17) is 14.8 Å². The number of hydrogen-bond donors (Lipinski definition) is 2. The molecule has 0 saturated carbocycles. The highest BCUT2D eigenvalue weighted by Gasteiger charge is 2.16. The van der Waals surface area contributed by atoms with Crippen LogP contribution in [0, 0.1) is 13.8 Å². The Balaban J connectivity index is 3.13. The maximum Gasteiger partial charge on any atom is 0.488 e. The van der Waals surface area contributed by atoms with Crippen LogP contribution in [0.4, 0.5) is 0 Å². The van der Waals surface area contributed by atoms with E-state index in [-0.39, 0.29) is 0 Å². The number of ether oxygens (including phenoxy) is 1. The Bertz CT molecular complexity index is 323. The molecule has 0 unspecified atom stereocenters. The van der Waals surface area contributed by atoms with Crippen LogP contribution in [-0.2, 0) is 0 Å². The van der Waals surface area contributed by atoms with E-state index in [1.165, 1.54) is 0 Å². The molecule has 4 heteroatoms. The summed E-state index contributed by atoms with van der Waals surface area (Å²) in [4.78, 5) is 0. The maximum absolute atomic E-state index is 9.09. The van der Waals surface area contributed by atoms with Gasteiger partial charge in [-0.25, -0.2) is 0 Å². The molecule has 0 bridgehead atoms. The lowest BCUT2D eigenvalue weighted by Gasteiger charge is -2.11. The molecule has 1 aromatic carbocycles. The zero-order valence-electron chi connectivity index (χ0n) is 8.74. The SMILES string of the molecule is CCOc1cc(B(O)O)c(C)cc1C. The van der Waals surface area contributed by atoms with Crippen molar-refractivity contribution in [3.63, 3.8) is 0 Å². The van der Waals surface area contributed by atoms with Crippen molar-refractivity contribution in [2.24, 2.45) is 0 Å². The van der Waals surface area contributed by atoms with E-state index in [1.54, 1.807) is 6.07 Å². The van der Waals surface area contributed by atoms with Crippen molar-refractivity contribution in [1.82, 2.24) is 0 Å². The van der Waals surface area contributed by atoms with Crippen molar-refractivity contribution >= 4 is 12.6 Å². The lowest BCUT2D eigenvalue weighted by atomic mass is 9.76. The largest absolute Gasteiger partial charge is 0.494 e. The lowest BCUT2D eigenvalue weighted by molar-refractivity contribution is 0.337. The van der Waals surface area contributed by atoms with Crippen molar-refractivity contribution in [3.8, 4) is 5.75 Å². The first kappa shape index (κ1) is 11.1. The molecule has 2 N–H and O–H groups in total. The zero-order chi connectivity index (χ0) is 10.7. The fraction of sp³-hybridized carbons (Fsp3) is 0.400. The summed E-state index contributed by atoms with van der Waals surface area (Å²) in [6.07, 6.45) is 0. The van der Waals surface area contributed by atoms with Crippen LogP contribution in [0.15, 0.2) is 12.1 Å². The molecule has 0 atom stereocenters. The number of benzene rings is 1. The molecule has 76 valence electrons. The van der Waals surface area contributed by atoms with Crippen LogP contribution in [0.3, 0.4) is 0 Å². The van der Waals surface area contributed by atoms with Gasteiger partial charge in [-0.3, -0.25) is 0 Å². The fourth-order valence-corrected chi connectivity index (χ4v) is 1.44. The minimum Gasteiger partial charge on any atom is -0.494 e. The molecule has 0 aromatic heterocycles. The second-order valence-electron chi connectivity index (χ2n) is 3.28. The molecular formula is C10H15BO3. The van der Waals surface area contributed by atoms with E-state index < -0.39 is 7.12 Å². The summed E-state index contributed by atoms with van der Waals surface area (Å²) in [5.74, 6) is 0.709. The second kappa shape index (κ2) is 4.48. The smallest absolute Gasteiger partial charge is 0.488 e. The van der Waals surface area contributed by atoms with Gasteiger partial charge < -0.3 is 14.8 Å². The van der Waals surface area contributed by atoms with Crippen LogP contribution in [0.2, 0.25) is 0 Å². The normalized spacial score (nSPS) is 10.1. The molecular weight excluding hydrogens is 179 g/mol. The molecule has 14 heavy (non-hydrogen) atoms. The third-order valence-corrected chi connectivity index (χ3v) is 2.14. The fourth-order valence-electron chi connectivity index (χ4n) is 1.44. The predicted molar refractivity (Wildman–Crippen MR) is 56.9 cm³/mol. The van der Waals surface area contributed by atoms with Gasteiger partial charge in [0.05, 0.1) is 6.61 Å². The molecule has 0 aliphatic rings. The topological polar surface area (TPSA) is 49.7 Å². The van der Waals surface area contributed by atoms with Crippen molar-refractivity contribution in [3.05, 3.63) is 23.3 Å². The highest BCUT2D eigenvalue weighted by molar-refractivity contribution is 6.59. The van der Waals surface area contributed by atoms with Gasteiger partial charge in [0.25, 0.3) is 0 Å².